The molecule has 0 unspecified atom stereocenters. The maximum Gasteiger partial charge on any atom is 0.127 e. The van der Waals surface area contributed by atoms with Crippen LogP contribution in [0.5, 0.6) is 0 Å². The van der Waals surface area contributed by atoms with E-state index in [-0.39, 0.29) is 12.0 Å². The van der Waals surface area contributed by atoms with Crippen molar-refractivity contribution in [3.05, 3.63) is 22.8 Å². The predicted molar refractivity (Wildman–Crippen MR) is 59.2 cm³/mol. The van der Waals surface area contributed by atoms with Gasteiger partial charge in [-0.15, -0.1) is 0 Å². The minimum Gasteiger partial charge on any atom is -0.396 e. The molecule has 3 nitrogen and oxygen atoms in total. The van der Waals surface area contributed by atoms with E-state index in [9.17, 15) is 0 Å². The number of nitrogens with one attached hydrogen (secondary N) is 1. The monoisotopic (exact) mass is 256 g/mol. The second-order valence-electron chi connectivity index (χ2n) is 3.86. The van der Waals surface area contributed by atoms with E-state index in [0.29, 0.717) is 0 Å². The van der Waals surface area contributed by atoms with Crippen LogP contribution in [0.4, 0.5) is 5.82 Å². The van der Waals surface area contributed by atoms with Crippen molar-refractivity contribution < 1.29 is 5.11 Å². The van der Waals surface area contributed by atoms with Gasteiger partial charge in [0.1, 0.15) is 10.4 Å². The topological polar surface area (TPSA) is 45.1 Å². The van der Waals surface area contributed by atoms with E-state index in [1.54, 1.807) is 0 Å². The summed E-state index contributed by atoms with van der Waals surface area (Å²) in [7, 11) is 0. The standard InChI is InChI=1S/C10H13BrN2O/c11-8-2-1-3-9(13-8)12-6-10(7-14)4-5-10/h1-3,14H,4-7H2,(H,12,13). The third-order valence-electron chi connectivity index (χ3n) is 2.65. The average Bonchev–Trinajstić information content (AvgIpc) is 2.96. The van der Waals surface area contributed by atoms with E-state index in [4.69, 9.17) is 5.11 Å². The molecule has 0 saturated heterocycles. The molecule has 1 aromatic rings. The number of hydrogen-bond donors (Lipinski definition) is 2. The van der Waals surface area contributed by atoms with Crippen LogP contribution in [-0.4, -0.2) is 23.2 Å². The molecule has 76 valence electrons. The van der Waals surface area contributed by atoms with E-state index < -0.39 is 0 Å². The Hall–Kier alpha value is -0.610. The molecule has 0 aliphatic heterocycles. The van der Waals surface area contributed by atoms with Gasteiger partial charge in [0.05, 0.1) is 6.61 Å². The molecular weight excluding hydrogens is 244 g/mol. The molecule has 0 spiro atoms. The van der Waals surface area contributed by atoms with Crippen LogP contribution in [0.25, 0.3) is 0 Å². The SMILES string of the molecule is OCC1(CNc2cccc(Br)n2)CC1. The summed E-state index contributed by atoms with van der Waals surface area (Å²) < 4.78 is 0.830. The number of aliphatic hydroxyl groups excluding tert-OH is 1. The van der Waals surface area contributed by atoms with E-state index in [1.165, 1.54) is 0 Å². The van der Waals surface area contributed by atoms with Gasteiger partial charge in [-0.1, -0.05) is 6.07 Å². The number of hydrogen-bond acceptors (Lipinski definition) is 3. The highest BCUT2D eigenvalue weighted by Gasteiger charge is 2.41. The van der Waals surface area contributed by atoms with Gasteiger partial charge in [-0.25, -0.2) is 4.98 Å². The normalized spacial score (nSPS) is 17.9. The minimum atomic E-state index is 0.129. The fourth-order valence-electron chi connectivity index (χ4n) is 1.35. The van der Waals surface area contributed by atoms with Crippen molar-refractivity contribution in [2.24, 2.45) is 5.41 Å². The number of aromatic nitrogens is 1. The molecule has 1 heterocycles. The van der Waals surface area contributed by atoms with Gasteiger partial charge in [-0.2, -0.15) is 0 Å². The first kappa shape index (κ1) is 9.93. The van der Waals surface area contributed by atoms with Gasteiger partial charge in [0.2, 0.25) is 0 Å². The highest BCUT2D eigenvalue weighted by Crippen LogP contribution is 2.44. The Balaban J connectivity index is 1.92. The Labute approximate surface area is 91.7 Å². The molecule has 0 bridgehead atoms. The Morgan fingerprint density at radius 2 is 2.29 bits per heavy atom. The molecule has 1 fully saturated rings. The molecule has 0 atom stereocenters. The zero-order chi connectivity index (χ0) is 10.0. The molecule has 0 radical (unpaired) electrons. The lowest BCUT2D eigenvalue weighted by Gasteiger charge is -2.12. The molecule has 14 heavy (non-hydrogen) atoms. The summed E-state index contributed by atoms with van der Waals surface area (Å²) in [6.45, 7) is 1.08. The van der Waals surface area contributed by atoms with Crippen LogP contribution in [0, 0.1) is 5.41 Å². The summed E-state index contributed by atoms with van der Waals surface area (Å²) in [4.78, 5) is 4.26. The highest BCUT2D eigenvalue weighted by molar-refractivity contribution is 9.10. The fourth-order valence-corrected chi connectivity index (χ4v) is 1.70. The molecule has 1 aliphatic rings. The predicted octanol–water partition coefficient (Wildman–Crippen LogP) is 2.03. The van der Waals surface area contributed by atoms with E-state index in [2.05, 4.69) is 26.2 Å². The smallest absolute Gasteiger partial charge is 0.127 e. The summed E-state index contributed by atoms with van der Waals surface area (Å²) >= 11 is 3.31. The van der Waals surface area contributed by atoms with Gasteiger partial charge in [0, 0.05) is 12.0 Å². The van der Waals surface area contributed by atoms with Crippen LogP contribution >= 0.6 is 15.9 Å². The molecule has 4 heteroatoms. The summed E-state index contributed by atoms with van der Waals surface area (Å²) in [5, 5.41) is 12.4. The van der Waals surface area contributed by atoms with Crippen LogP contribution in [0.1, 0.15) is 12.8 Å². The van der Waals surface area contributed by atoms with Crippen molar-refractivity contribution in [3.63, 3.8) is 0 Å². The van der Waals surface area contributed by atoms with Gasteiger partial charge in [-0.3, -0.25) is 0 Å². The molecule has 0 aromatic carbocycles. The Morgan fingerprint density at radius 3 is 2.86 bits per heavy atom. The van der Waals surface area contributed by atoms with Crippen molar-refractivity contribution in [1.29, 1.82) is 0 Å². The number of anilines is 1. The molecule has 2 rings (SSSR count). The molecule has 1 saturated carbocycles. The summed E-state index contributed by atoms with van der Waals surface area (Å²) in [5.41, 5.74) is 0.129. The number of pyridine rings is 1. The van der Waals surface area contributed by atoms with E-state index >= 15 is 0 Å². The molecule has 1 aromatic heterocycles. The van der Waals surface area contributed by atoms with Crippen LogP contribution < -0.4 is 5.32 Å². The second kappa shape index (κ2) is 3.87. The zero-order valence-electron chi connectivity index (χ0n) is 7.83. The maximum absolute atomic E-state index is 9.12. The van der Waals surface area contributed by atoms with E-state index in [1.807, 2.05) is 18.2 Å². The van der Waals surface area contributed by atoms with Crippen LogP contribution in [0.15, 0.2) is 22.8 Å². The first-order valence-electron chi connectivity index (χ1n) is 4.71. The lowest BCUT2D eigenvalue weighted by atomic mass is 10.1. The van der Waals surface area contributed by atoms with Gasteiger partial charge in [-0.05, 0) is 40.9 Å². The van der Waals surface area contributed by atoms with Gasteiger partial charge in [0.25, 0.3) is 0 Å². The minimum absolute atomic E-state index is 0.129. The lowest BCUT2D eigenvalue weighted by molar-refractivity contribution is 0.219. The summed E-state index contributed by atoms with van der Waals surface area (Å²) in [5.74, 6) is 0.860. The first-order valence-corrected chi connectivity index (χ1v) is 5.51. The van der Waals surface area contributed by atoms with Crippen LogP contribution in [-0.2, 0) is 0 Å². The number of aliphatic hydroxyl groups is 1. The van der Waals surface area contributed by atoms with Gasteiger partial charge < -0.3 is 10.4 Å². The van der Waals surface area contributed by atoms with Crippen LogP contribution in [0.2, 0.25) is 0 Å². The summed E-state index contributed by atoms with van der Waals surface area (Å²) in [6.07, 6.45) is 2.23. The Bertz CT molecular complexity index is 326. The molecular formula is C10H13BrN2O. The number of nitrogens with zero attached hydrogens (tertiary/aromatic N) is 1. The maximum atomic E-state index is 9.12. The van der Waals surface area contributed by atoms with Crippen molar-refractivity contribution in [2.75, 3.05) is 18.5 Å². The first-order chi connectivity index (χ1) is 6.74. The number of rotatable bonds is 4. The van der Waals surface area contributed by atoms with E-state index in [0.717, 1.165) is 29.8 Å². The lowest BCUT2D eigenvalue weighted by Crippen LogP contribution is -2.19. The van der Waals surface area contributed by atoms with Crippen molar-refractivity contribution >= 4 is 21.7 Å². The largest absolute Gasteiger partial charge is 0.396 e. The third-order valence-corrected chi connectivity index (χ3v) is 3.09. The fraction of sp³-hybridized carbons (Fsp3) is 0.500. The van der Waals surface area contributed by atoms with Gasteiger partial charge >= 0.3 is 0 Å². The summed E-state index contributed by atoms with van der Waals surface area (Å²) in [6, 6.07) is 5.76. The second-order valence-corrected chi connectivity index (χ2v) is 4.67. The average molecular weight is 257 g/mol. The molecule has 2 N–H and O–H groups in total. The molecule has 1 aliphatic carbocycles. The third kappa shape index (κ3) is 2.25. The molecule has 0 amide bonds. The van der Waals surface area contributed by atoms with Crippen molar-refractivity contribution in [1.82, 2.24) is 4.98 Å². The highest BCUT2D eigenvalue weighted by atomic mass is 79.9. The zero-order valence-corrected chi connectivity index (χ0v) is 9.42. The van der Waals surface area contributed by atoms with Gasteiger partial charge in [0.15, 0.2) is 0 Å². The van der Waals surface area contributed by atoms with Crippen molar-refractivity contribution in [3.8, 4) is 0 Å². The Morgan fingerprint density at radius 1 is 1.50 bits per heavy atom. The quantitative estimate of drug-likeness (QED) is 0.811. The Kier molecular flexibility index (Phi) is 2.74. The van der Waals surface area contributed by atoms with Crippen molar-refractivity contribution in [2.45, 2.75) is 12.8 Å². The number of halogens is 1. The van der Waals surface area contributed by atoms with Crippen LogP contribution in [0.3, 0.4) is 0 Å².